The zero-order chi connectivity index (χ0) is 16.2. The molecule has 1 N–H and O–H groups in total. The molecule has 0 fully saturated rings. The Labute approximate surface area is 128 Å². The van der Waals surface area contributed by atoms with Gasteiger partial charge in [-0.05, 0) is 43.3 Å². The van der Waals surface area contributed by atoms with Gasteiger partial charge < -0.3 is 9.47 Å². The number of sulfonamides is 1. The first-order chi connectivity index (χ1) is 10.5. The summed E-state index contributed by atoms with van der Waals surface area (Å²) < 4.78 is 50.5. The van der Waals surface area contributed by atoms with Gasteiger partial charge in [-0.15, -0.1) is 0 Å². The molecule has 0 aliphatic rings. The van der Waals surface area contributed by atoms with Crippen LogP contribution in [0.3, 0.4) is 0 Å². The van der Waals surface area contributed by atoms with Crippen molar-refractivity contribution in [2.24, 2.45) is 0 Å². The summed E-state index contributed by atoms with van der Waals surface area (Å²) in [5.41, 5.74) is 0.122. The van der Waals surface area contributed by atoms with E-state index in [0.717, 1.165) is 6.07 Å². The van der Waals surface area contributed by atoms with Crippen LogP contribution >= 0.6 is 0 Å². The summed E-state index contributed by atoms with van der Waals surface area (Å²) in [6.07, 6.45) is 0. The highest BCUT2D eigenvalue weighted by molar-refractivity contribution is 7.92. The molecule has 2 rings (SSSR count). The first kappa shape index (κ1) is 16.1. The lowest BCUT2D eigenvalue weighted by Gasteiger charge is -2.10. The van der Waals surface area contributed by atoms with Crippen LogP contribution < -0.4 is 14.2 Å². The monoisotopic (exact) mass is 325 g/mol. The minimum Gasteiger partial charge on any atom is -0.497 e. The lowest BCUT2D eigenvalue weighted by atomic mass is 10.3. The zero-order valence-corrected chi connectivity index (χ0v) is 13.0. The maximum Gasteiger partial charge on any atom is 0.261 e. The molecule has 2 aromatic carbocycles. The number of anilines is 1. The second kappa shape index (κ2) is 6.65. The van der Waals surface area contributed by atoms with E-state index in [1.165, 1.54) is 43.5 Å². The Morgan fingerprint density at radius 2 is 1.82 bits per heavy atom. The van der Waals surface area contributed by atoms with Gasteiger partial charge in [0.05, 0.1) is 24.3 Å². The number of methoxy groups -OCH3 is 1. The molecule has 0 aliphatic heterocycles. The molecule has 0 bridgehead atoms. The molecule has 0 spiro atoms. The molecular weight excluding hydrogens is 309 g/mol. The van der Waals surface area contributed by atoms with Crippen LogP contribution in [0.5, 0.6) is 11.5 Å². The first-order valence-electron chi connectivity index (χ1n) is 6.55. The molecule has 0 amide bonds. The number of hydrogen-bond acceptors (Lipinski definition) is 4. The highest BCUT2D eigenvalue weighted by Gasteiger charge is 2.15. The van der Waals surface area contributed by atoms with Crippen molar-refractivity contribution in [2.45, 2.75) is 11.8 Å². The van der Waals surface area contributed by atoms with Gasteiger partial charge in [-0.3, -0.25) is 4.72 Å². The van der Waals surface area contributed by atoms with E-state index in [2.05, 4.69) is 4.72 Å². The molecule has 0 unspecified atom stereocenters. The maximum absolute atomic E-state index is 13.7. The Morgan fingerprint density at radius 1 is 1.14 bits per heavy atom. The predicted octanol–water partition coefficient (Wildman–Crippen LogP) is 3.03. The smallest absolute Gasteiger partial charge is 0.261 e. The summed E-state index contributed by atoms with van der Waals surface area (Å²) in [4.78, 5) is 0.0580. The van der Waals surface area contributed by atoms with Crippen molar-refractivity contribution < 1.29 is 22.3 Å². The summed E-state index contributed by atoms with van der Waals surface area (Å²) in [6, 6.07) is 9.78. The lowest BCUT2D eigenvalue weighted by Crippen LogP contribution is -2.13. The van der Waals surface area contributed by atoms with E-state index < -0.39 is 15.8 Å². The van der Waals surface area contributed by atoms with Gasteiger partial charge >= 0.3 is 0 Å². The predicted molar refractivity (Wildman–Crippen MR) is 81.4 cm³/mol. The highest BCUT2D eigenvalue weighted by Crippen LogP contribution is 2.24. The van der Waals surface area contributed by atoms with Gasteiger partial charge in [0.2, 0.25) is 0 Å². The van der Waals surface area contributed by atoms with Crippen LogP contribution in [0, 0.1) is 5.82 Å². The van der Waals surface area contributed by atoms with Crippen LogP contribution in [0.25, 0.3) is 0 Å². The van der Waals surface area contributed by atoms with Crippen LogP contribution in [0.2, 0.25) is 0 Å². The third-order valence-electron chi connectivity index (χ3n) is 2.85. The standard InChI is InChI=1S/C15H16FNO4S/c1-3-21-15-9-4-11(10-14(15)16)17-22(18,19)13-7-5-12(20-2)6-8-13/h4-10,17H,3H2,1-2H3. The molecule has 0 atom stereocenters. The van der Waals surface area contributed by atoms with Crippen LogP contribution in [0.1, 0.15) is 6.92 Å². The quantitative estimate of drug-likeness (QED) is 0.886. The number of nitrogens with one attached hydrogen (secondary N) is 1. The average Bonchev–Trinajstić information content (AvgIpc) is 2.50. The number of rotatable bonds is 6. The van der Waals surface area contributed by atoms with E-state index in [9.17, 15) is 12.8 Å². The third-order valence-corrected chi connectivity index (χ3v) is 4.25. The minimum atomic E-state index is -3.79. The van der Waals surface area contributed by atoms with Crippen LogP contribution in [0.15, 0.2) is 47.4 Å². The second-order valence-corrected chi connectivity index (χ2v) is 6.04. The van der Waals surface area contributed by atoms with E-state index >= 15 is 0 Å². The van der Waals surface area contributed by atoms with Crippen LogP contribution in [-0.2, 0) is 10.0 Å². The van der Waals surface area contributed by atoms with Crippen molar-refractivity contribution in [1.29, 1.82) is 0 Å². The molecule has 2 aromatic rings. The van der Waals surface area contributed by atoms with Crippen molar-refractivity contribution in [3.8, 4) is 11.5 Å². The van der Waals surface area contributed by atoms with Gasteiger partial charge in [-0.2, -0.15) is 0 Å². The van der Waals surface area contributed by atoms with E-state index in [-0.39, 0.29) is 16.3 Å². The lowest BCUT2D eigenvalue weighted by molar-refractivity contribution is 0.321. The van der Waals surface area contributed by atoms with Gasteiger partial charge in [0, 0.05) is 6.07 Å². The van der Waals surface area contributed by atoms with Crippen molar-refractivity contribution >= 4 is 15.7 Å². The summed E-state index contributed by atoms with van der Waals surface area (Å²) in [5, 5.41) is 0. The number of hydrogen-bond donors (Lipinski definition) is 1. The third kappa shape index (κ3) is 3.67. The zero-order valence-electron chi connectivity index (χ0n) is 12.2. The van der Waals surface area contributed by atoms with Gasteiger partial charge in [-0.25, -0.2) is 12.8 Å². The van der Waals surface area contributed by atoms with E-state index in [0.29, 0.717) is 12.4 Å². The van der Waals surface area contributed by atoms with Crippen LogP contribution in [0.4, 0.5) is 10.1 Å². The van der Waals surface area contributed by atoms with Gasteiger partial charge in [0.25, 0.3) is 10.0 Å². The number of benzene rings is 2. The van der Waals surface area contributed by atoms with Gasteiger partial charge in [-0.1, -0.05) is 0 Å². The van der Waals surface area contributed by atoms with Gasteiger partial charge in [0.15, 0.2) is 11.6 Å². The van der Waals surface area contributed by atoms with Gasteiger partial charge in [0.1, 0.15) is 5.75 Å². The molecular formula is C15H16FNO4S. The summed E-state index contributed by atoms with van der Waals surface area (Å²) in [6.45, 7) is 2.06. The van der Waals surface area contributed by atoms with E-state index in [1.807, 2.05) is 0 Å². The summed E-state index contributed by atoms with van der Waals surface area (Å²) in [7, 11) is -2.30. The molecule has 0 aliphatic carbocycles. The normalized spacial score (nSPS) is 11.0. The van der Waals surface area contributed by atoms with E-state index in [4.69, 9.17) is 9.47 Å². The van der Waals surface area contributed by atoms with Crippen molar-refractivity contribution in [3.63, 3.8) is 0 Å². The Balaban J connectivity index is 2.22. The van der Waals surface area contributed by atoms with Crippen molar-refractivity contribution in [1.82, 2.24) is 0 Å². The minimum absolute atomic E-state index is 0.0580. The fourth-order valence-corrected chi connectivity index (χ4v) is 2.86. The van der Waals surface area contributed by atoms with Crippen molar-refractivity contribution in [3.05, 3.63) is 48.3 Å². The first-order valence-corrected chi connectivity index (χ1v) is 8.04. The Morgan fingerprint density at radius 3 is 2.36 bits per heavy atom. The summed E-state index contributed by atoms with van der Waals surface area (Å²) in [5.74, 6) is -0.00209. The number of ether oxygens (including phenoxy) is 2. The molecule has 0 aromatic heterocycles. The SMILES string of the molecule is CCOc1ccc(NS(=O)(=O)c2ccc(OC)cc2)cc1F. The maximum atomic E-state index is 13.7. The molecule has 0 saturated carbocycles. The molecule has 0 saturated heterocycles. The average molecular weight is 325 g/mol. The second-order valence-electron chi connectivity index (χ2n) is 4.36. The number of halogens is 1. The molecule has 22 heavy (non-hydrogen) atoms. The Kier molecular flexibility index (Phi) is 4.87. The van der Waals surface area contributed by atoms with Crippen molar-refractivity contribution in [2.75, 3.05) is 18.4 Å². The summed E-state index contributed by atoms with van der Waals surface area (Å²) >= 11 is 0. The molecule has 118 valence electrons. The largest absolute Gasteiger partial charge is 0.497 e. The Hall–Kier alpha value is -2.28. The fourth-order valence-electron chi connectivity index (χ4n) is 1.81. The topological polar surface area (TPSA) is 64.6 Å². The molecule has 7 heteroatoms. The fraction of sp³-hybridized carbons (Fsp3) is 0.200. The molecule has 0 radical (unpaired) electrons. The van der Waals surface area contributed by atoms with E-state index in [1.54, 1.807) is 6.92 Å². The van der Waals surface area contributed by atoms with Crippen LogP contribution in [-0.4, -0.2) is 22.1 Å². The molecule has 5 nitrogen and oxygen atoms in total. The molecule has 0 heterocycles. The highest BCUT2D eigenvalue weighted by atomic mass is 32.2. The Bertz CT molecular complexity index is 745.